The van der Waals surface area contributed by atoms with Gasteiger partial charge in [0, 0.05) is 6.42 Å². The number of benzene rings is 1. The molecule has 2 aliphatic rings. The normalized spacial score (nSPS) is 18.3. The van der Waals surface area contributed by atoms with Crippen molar-refractivity contribution in [2.45, 2.75) is 25.3 Å². The monoisotopic (exact) mass is 414 g/mol. The zero-order valence-electron chi connectivity index (χ0n) is 16.3. The Morgan fingerprint density at radius 1 is 1.17 bits per heavy atom. The average Bonchev–Trinajstić information content (AvgIpc) is 3.27. The number of esters is 1. The van der Waals surface area contributed by atoms with Crippen LogP contribution in [-0.4, -0.2) is 43.4 Å². The van der Waals surface area contributed by atoms with E-state index in [0.29, 0.717) is 17.9 Å². The zero-order chi connectivity index (χ0) is 20.4. The summed E-state index contributed by atoms with van der Waals surface area (Å²) in [4.78, 5) is 25.7. The first-order valence-electron chi connectivity index (χ1n) is 9.42. The van der Waals surface area contributed by atoms with Gasteiger partial charge < -0.3 is 14.2 Å². The number of hydrogen-bond donors (Lipinski definition) is 0. The fourth-order valence-electron chi connectivity index (χ4n) is 3.29. The molecule has 1 aliphatic carbocycles. The van der Waals surface area contributed by atoms with E-state index in [1.807, 2.05) is 35.7 Å². The van der Waals surface area contributed by atoms with E-state index in [4.69, 9.17) is 14.2 Å². The summed E-state index contributed by atoms with van der Waals surface area (Å²) in [5.41, 5.74) is 1.71. The lowest BCUT2D eigenvalue weighted by molar-refractivity contribution is -0.153. The van der Waals surface area contributed by atoms with Crippen LogP contribution in [0.15, 0.2) is 40.8 Å². The molecule has 152 valence electrons. The third-order valence-electron chi connectivity index (χ3n) is 5.01. The van der Waals surface area contributed by atoms with Crippen LogP contribution in [-0.2, 0) is 14.3 Å². The van der Waals surface area contributed by atoms with Crippen molar-refractivity contribution in [2.75, 3.05) is 20.8 Å². The lowest BCUT2D eigenvalue weighted by atomic mass is 10.0. The molecular weight excluding hydrogens is 392 g/mol. The predicted octanol–water partition coefficient (Wildman–Crippen LogP) is 3.40. The third-order valence-corrected chi connectivity index (χ3v) is 5.93. The van der Waals surface area contributed by atoms with Gasteiger partial charge in [0.15, 0.2) is 18.1 Å². The molecule has 1 atom stereocenters. The van der Waals surface area contributed by atoms with Crippen LogP contribution >= 0.6 is 11.3 Å². The van der Waals surface area contributed by atoms with Gasteiger partial charge >= 0.3 is 5.97 Å². The number of thiophene rings is 1. The highest BCUT2D eigenvalue weighted by Crippen LogP contribution is 2.38. The number of ether oxygens (including phenoxy) is 3. The second kappa shape index (κ2) is 8.24. The minimum Gasteiger partial charge on any atom is -0.493 e. The molecule has 2 aromatic rings. The van der Waals surface area contributed by atoms with Gasteiger partial charge in [-0.1, -0.05) is 12.1 Å². The molecule has 0 saturated heterocycles. The summed E-state index contributed by atoms with van der Waals surface area (Å²) in [6.07, 6.45) is 2.25. The summed E-state index contributed by atoms with van der Waals surface area (Å²) in [6.45, 7) is -0.305. The number of carbonyl (C=O) groups excluding carboxylic acids is 2. The molecule has 0 N–H and O–H groups in total. The van der Waals surface area contributed by atoms with E-state index in [0.717, 1.165) is 29.0 Å². The van der Waals surface area contributed by atoms with Crippen LogP contribution in [0.5, 0.6) is 11.5 Å². The molecule has 2 heterocycles. The molecule has 0 radical (unpaired) electrons. The van der Waals surface area contributed by atoms with E-state index < -0.39 is 0 Å². The van der Waals surface area contributed by atoms with Crippen molar-refractivity contribution in [2.24, 2.45) is 11.0 Å². The van der Waals surface area contributed by atoms with Gasteiger partial charge in [-0.05, 0) is 42.0 Å². The summed E-state index contributed by atoms with van der Waals surface area (Å²) in [7, 11) is 3.15. The third kappa shape index (κ3) is 4.12. The summed E-state index contributed by atoms with van der Waals surface area (Å²) >= 11 is 1.58. The molecule has 1 aromatic carbocycles. The van der Waals surface area contributed by atoms with Gasteiger partial charge in [-0.2, -0.15) is 5.10 Å². The summed E-state index contributed by atoms with van der Waals surface area (Å²) in [5.74, 6) is 0.508. The minimum absolute atomic E-state index is 0.0480. The first-order chi connectivity index (χ1) is 14.1. The molecule has 29 heavy (non-hydrogen) atoms. The van der Waals surface area contributed by atoms with E-state index in [-0.39, 0.29) is 30.4 Å². The highest BCUT2D eigenvalue weighted by molar-refractivity contribution is 7.12. The van der Waals surface area contributed by atoms with Crippen LogP contribution in [0.4, 0.5) is 0 Å². The van der Waals surface area contributed by atoms with Gasteiger partial charge in [0.05, 0.1) is 36.8 Å². The Morgan fingerprint density at radius 3 is 2.62 bits per heavy atom. The van der Waals surface area contributed by atoms with Crippen molar-refractivity contribution in [1.29, 1.82) is 0 Å². The molecule has 4 rings (SSSR count). The first kappa shape index (κ1) is 19.4. The van der Waals surface area contributed by atoms with E-state index in [2.05, 4.69) is 5.10 Å². The Bertz CT molecular complexity index is 937. The second-order valence-electron chi connectivity index (χ2n) is 6.98. The maximum Gasteiger partial charge on any atom is 0.309 e. The van der Waals surface area contributed by atoms with E-state index >= 15 is 0 Å². The average molecular weight is 414 g/mol. The SMILES string of the molecule is COc1ccc([C@H]2CC(c3cccs3)=NN2C(=O)COC(=O)C2CC2)cc1OC. The van der Waals surface area contributed by atoms with E-state index in [9.17, 15) is 9.59 Å². The Labute approximate surface area is 172 Å². The lowest BCUT2D eigenvalue weighted by Gasteiger charge is -2.22. The molecule has 1 aliphatic heterocycles. The van der Waals surface area contributed by atoms with E-state index in [1.54, 1.807) is 25.6 Å². The van der Waals surface area contributed by atoms with Crippen molar-refractivity contribution in [3.8, 4) is 11.5 Å². The maximum atomic E-state index is 12.9. The standard InChI is InChI=1S/C21H22N2O5S/c1-26-17-8-7-14(10-18(17)27-2)16-11-15(19-4-3-9-29-19)22-23(16)20(24)12-28-21(25)13-5-6-13/h3-4,7-10,13,16H,5-6,11-12H2,1-2H3/t16-/m1/s1. The summed E-state index contributed by atoms with van der Waals surface area (Å²) in [5, 5.41) is 7.98. The Balaban J connectivity index is 1.58. The van der Waals surface area contributed by atoms with Crippen LogP contribution in [0.2, 0.25) is 0 Å². The first-order valence-corrected chi connectivity index (χ1v) is 10.3. The van der Waals surface area contributed by atoms with Crippen molar-refractivity contribution < 1.29 is 23.8 Å². The molecule has 0 bridgehead atoms. The molecular formula is C21H22N2O5S. The highest BCUT2D eigenvalue weighted by atomic mass is 32.1. The number of carbonyl (C=O) groups is 2. The van der Waals surface area contributed by atoms with Gasteiger partial charge in [-0.25, -0.2) is 5.01 Å². The molecule has 8 heteroatoms. The lowest BCUT2D eigenvalue weighted by Crippen LogP contribution is -2.31. The molecule has 0 spiro atoms. The number of rotatable bonds is 7. The van der Waals surface area contributed by atoms with Gasteiger partial charge in [-0.3, -0.25) is 9.59 Å². The number of methoxy groups -OCH3 is 2. The van der Waals surface area contributed by atoms with Crippen molar-refractivity contribution in [3.63, 3.8) is 0 Å². The summed E-state index contributed by atoms with van der Waals surface area (Å²) < 4.78 is 15.9. The summed E-state index contributed by atoms with van der Waals surface area (Å²) in [6, 6.07) is 9.19. The maximum absolute atomic E-state index is 12.9. The number of hydrazone groups is 1. The Morgan fingerprint density at radius 2 is 1.97 bits per heavy atom. The van der Waals surface area contributed by atoms with Gasteiger partial charge in [0.1, 0.15) is 0 Å². The van der Waals surface area contributed by atoms with Crippen LogP contribution in [0.25, 0.3) is 0 Å². The molecule has 7 nitrogen and oxygen atoms in total. The second-order valence-corrected chi connectivity index (χ2v) is 7.93. The van der Waals surface area contributed by atoms with Crippen molar-refractivity contribution >= 4 is 28.9 Å². The van der Waals surface area contributed by atoms with Crippen LogP contribution in [0, 0.1) is 5.92 Å². The molecule has 1 fully saturated rings. The topological polar surface area (TPSA) is 77.4 Å². The van der Waals surface area contributed by atoms with E-state index in [1.165, 1.54) is 5.01 Å². The molecule has 0 unspecified atom stereocenters. The predicted molar refractivity (Wildman–Crippen MR) is 108 cm³/mol. The van der Waals surface area contributed by atoms with Gasteiger partial charge in [-0.15, -0.1) is 11.3 Å². The molecule has 1 saturated carbocycles. The van der Waals surface area contributed by atoms with Crippen LogP contribution < -0.4 is 9.47 Å². The zero-order valence-corrected chi connectivity index (χ0v) is 17.1. The Hall–Kier alpha value is -2.87. The smallest absolute Gasteiger partial charge is 0.309 e. The van der Waals surface area contributed by atoms with Crippen molar-refractivity contribution in [1.82, 2.24) is 5.01 Å². The van der Waals surface area contributed by atoms with Gasteiger partial charge in [0.25, 0.3) is 5.91 Å². The van der Waals surface area contributed by atoms with Crippen LogP contribution in [0.3, 0.4) is 0 Å². The number of hydrogen-bond acceptors (Lipinski definition) is 7. The number of amides is 1. The molecule has 1 amide bonds. The Kier molecular flexibility index (Phi) is 5.53. The molecule has 1 aromatic heterocycles. The fourth-order valence-corrected chi connectivity index (χ4v) is 4.01. The number of nitrogens with zero attached hydrogens (tertiary/aromatic N) is 2. The highest BCUT2D eigenvalue weighted by Gasteiger charge is 2.36. The largest absolute Gasteiger partial charge is 0.493 e. The van der Waals surface area contributed by atoms with Crippen molar-refractivity contribution in [3.05, 3.63) is 46.2 Å². The fraction of sp³-hybridized carbons (Fsp3) is 0.381. The van der Waals surface area contributed by atoms with Gasteiger partial charge in [0.2, 0.25) is 0 Å². The quantitative estimate of drug-likeness (QED) is 0.649. The minimum atomic E-state index is -0.342. The van der Waals surface area contributed by atoms with Crippen LogP contribution in [0.1, 0.15) is 35.7 Å².